The molecule has 1 saturated heterocycles. The second-order valence-electron chi connectivity index (χ2n) is 5.92. The highest BCUT2D eigenvalue weighted by atomic mass is 35.5. The molecular weight excluding hydrogens is 316 g/mol. The number of nitrogens with two attached hydrogens (primary N) is 1. The first-order valence-corrected chi connectivity index (χ1v) is 8.18. The van der Waals surface area contributed by atoms with Crippen molar-refractivity contribution >= 4 is 29.2 Å². The van der Waals surface area contributed by atoms with Crippen molar-refractivity contribution in [3.63, 3.8) is 0 Å². The number of ketones is 1. The molecule has 0 saturated carbocycles. The standard InChI is InChI=1S/C17H21ClN2O3/c18-14-3-1-13(2-4-14)15(21)5-6-17(23)20-9-7-12(8-10-20)11-16(19)22/h1-4,12H,5-11H2,(H2,19,22). The smallest absolute Gasteiger partial charge is 0.223 e. The Morgan fingerprint density at radius 1 is 1.09 bits per heavy atom. The Hall–Kier alpha value is -1.88. The minimum Gasteiger partial charge on any atom is -0.370 e. The molecule has 2 amide bonds. The van der Waals surface area contributed by atoms with Crippen LogP contribution in [0.15, 0.2) is 24.3 Å². The average Bonchev–Trinajstić information content (AvgIpc) is 2.53. The van der Waals surface area contributed by atoms with Crippen LogP contribution in [0.3, 0.4) is 0 Å². The summed E-state index contributed by atoms with van der Waals surface area (Å²) in [6, 6.07) is 6.68. The van der Waals surface area contributed by atoms with Crippen molar-refractivity contribution in [1.82, 2.24) is 4.90 Å². The Labute approximate surface area is 140 Å². The zero-order chi connectivity index (χ0) is 16.8. The molecule has 2 rings (SSSR count). The third kappa shape index (κ3) is 5.36. The van der Waals surface area contributed by atoms with Crippen LogP contribution in [0.1, 0.15) is 42.5 Å². The van der Waals surface area contributed by atoms with Crippen LogP contribution >= 0.6 is 11.6 Å². The van der Waals surface area contributed by atoms with E-state index in [0.29, 0.717) is 30.1 Å². The van der Waals surface area contributed by atoms with Crippen molar-refractivity contribution in [2.45, 2.75) is 32.1 Å². The van der Waals surface area contributed by atoms with E-state index < -0.39 is 0 Å². The second-order valence-corrected chi connectivity index (χ2v) is 6.36. The van der Waals surface area contributed by atoms with Crippen molar-refractivity contribution in [3.05, 3.63) is 34.9 Å². The normalized spacial score (nSPS) is 15.4. The van der Waals surface area contributed by atoms with E-state index in [1.807, 2.05) is 0 Å². The van der Waals surface area contributed by atoms with E-state index in [0.717, 1.165) is 12.8 Å². The Balaban J connectivity index is 1.76. The van der Waals surface area contributed by atoms with Gasteiger partial charge in [0, 0.05) is 42.9 Å². The highest BCUT2D eigenvalue weighted by Crippen LogP contribution is 2.21. The van der Waals surface area contributed by atoms with Gasteiger partial charge in [-0.2, -0.15) is 0 Å². The Bertz CT molecular complexity index is 578. The first kappa shape index (κ1) is 17.5. The summed E-state index contributed by atoms with van der Waals surface area (Å²) in [5.41, 5.74) is 5.77. The number of hydrogen-bond acceptors (Lipinski definition) is 3. The maximum atomic E-state index is 12.2. The molecule has 124 valence electrons. The van der Waals surface area contributed by atoms with Gasteiger partial charge >= 0.3 is 0 Å². The predicted octanol–water partition coefficient (Wildman–Crippen LogP) is 2.42. The van der Waals surface area contributed by atoms with Gasteiger partial charge in [0.2, 0.25) is 11.8 Å². The predicted molar refractivity (Wildman–Crippen MR) is 88.1 cm³/mol. The number of hydrogen-bond donors (Lipinski definition) is 1. The number of benzene rings is 1. The van der Waals surface area contributed by atoms with Gasteiger partial charge in [0.05, 0.1) is 0 Å². The molecule has 0 atom stereocenters. The molecule has 1 aliphatic heterocycles. The number of Topliss-reactive ketones (excluding diaryl/α,β-unsaturated/α-hetero) is 1. The number of halogens is 1. The number of carbonyl (C=O) groups is 3. The maximum absolute atomic E-state index is 12.2. The van der Waals surface area contributed by atoms with Gasteiger partial charge in [0.25, 0.3) is 0 Å². The molecule has 1 aliphatic rings. The first-order valence-electron chi connectivity index (χ1n) is 7.80. The van der Waals surface area contributed by atoms with Crippen molar-refractivity contribution in [2.75, 3.05) is 13.1 Å². The summed E-state index contributed by atoms with van der Waals surface area (Å²) in [5.74, 6) is -0.0842. The van der Waals surface area contributed by atoms with Gasteiger partial charge < -0.3 is 10.6 Å². The largest absolute Gasteiger partial charge is 0.370 e. The fourth-order valence-electron chi connectivity index (χ4n) is 2.83. The molecule has 0 aromatic heterocycles. The van der Waals surface area contributed by atoms with E-state index in [2.05, 4.69) is 0 Å². The zero-order valence-corrected chi connectivity index (χ0v) is 13.7. The van der Waals surface area contributed by atoms with Crippen LogP contribution in [0, 0.1) is 5.92 Å². The molecule has 6 heteroatoms. The number of carbonyl (C=O) groups excluding carboxylic acids is 3. The summed E-state index contributed by atoms with van der Waals surface area (Å²) in [4.78, 5) is 36.9. The molecule has 1 aromatic rings. The van der Waals surface area contributed by atoms with E-state index in [1.54, 1.807) is 29.2 Å². The quantitative estimate of drug-likeness (QED) is 0.810. The molecular formula is C17H21ClN2O3. The Kier molecular flexibility index (Phi) is 6.16. The summed E-state index contributed by atoms with van der Waals surface area (Å²) >= 11 is 5.79. The minimum absolute atomic E-state index is 0.00941. The number of primary amides is 1. The lowest BCUT2D eigenvalue weighted by molar-refractivity contribution is -0.132. The molecule has 1 aromatic carbocycles. The van der Waals surface area contributed by atoms with E-state index in [9.17, 15) is 14.4 Å². The lowest BCUT2D eigenvalue weighted by Gasteiger charge is -2.31. The highest BCUT2D eigenvalue weighted by molar-refractivity contribution is 6.30. The fourth-order valence-corrected chi connectivity index (χ4v) is 2.96. The molecule has 0 radical (unpaired) electrons. The lowest BCUT2D eigenvalue weighted by atomic mass is 9.93. The van der Waals surface area contributed by atoms with Gasteiger partial charge in [0.15, 0.2) is 5.78 Å². The van der Waals surface area contributed by atoms with Crippen LogP contribution in [0.2, 0.25) is 5.02 Å². The van der Waals surface area contributed by atoms with Gasteiger partial charge in [-0.25, -0.2) is 0 Å². The van der Waals surface area contributed by atoms with Crippen LogP contribution < -0.4 is 5.73 Å². The molecule has 2 N–H and O–H groups in total. The number of likely N-dealkylation sites (tertiary alicyclic amines) is 1. The van der Waals surface area contributed by atoms with Crippen LogP contribution in [-0.2, 0) is 9.59 Å². The number of rotatable bonds is 6. The van der Waals surface area contributed by atoms with E-state index in [1.165, 1.54) is 0 Å². The first-order chi connectivity index (χ1) is 11.0. The second kappa shape index (κ2) is 8.11. The third-order valence-corrected chi connectivity index (χ3v) is 4.44. The average molecular weight is 337 g/mol. The van der Waals surface area contributed by atoms with Crippen molar-refractivity contribution in [1.29, 1.82) is 0 Å². The van der Waals surface area contributed by atoms with Gasteiger partial charge in [-0.05, 0) is 43.0 Å². The van der Waals surface area contributed by atoms with E-state index >= 15 is 0 Å². The van der Waals surface area contributed by atoms with E-state index in [4.69, 9.17) is 17.3 Å². The minimum atomic E-state index is -0.289. The molecule has 1 fully saturated rings. The number of nitrogens with zero attached hydrogens (tertiary/aromatic N) is 1. The lowest BCUT2D eigenvalue weighted by Crippen LogP contribution is -2.39. The summed E-state index contributed by atoms with van der Waals surface area (Å²) in [6.07, 6.45) is 2.38. The summed E-state index contributed by atoms with van der Waals surface area (Å²) < 4.78 is 0. The van der Waals surface area contributed by atoms with Gasteiger partial charge in [-0.15, -0.1) is 0 Å². The van der Waals surface area contributed by atoms with E-state index in [-0.39, 0.29) is 36.4 Å². The fraction of sp³-hybridized carbons (Fsp3) is 0.471. The third-order valence-electron chi connectivity index (χ3n) is 4.19. The van der Waals surface area contributed by atoms with Gasteiger partial charge in [0.1, 0.15) is 0 Å². The number of amides is 2. The summed E-state index contributed by atoms with van der Waals surface area (Å²) in [7, 11) is 0. The van der Waals surface area contributed by atoms with Crippen LogP contribution in [-0.4, -0.2) is 35.6 Å². The Morgan fingerprint density at radius 3 is 2.26 bits per heavy atom. The maximum Gasteiger partial charge on any atom is 0.223 e. The van der Waals surface area contributed by atoms with Crippen molar-refractivity contribution in [3.8, 4) is 0 Å². The summed E-state index contributed by atoms with van der Waals surface area (Å²) in [5, 5.41) is 0.580. The number of piperidine rings is 1. The molecule has 0 bridgehead atoms. The summed E-state index contributed by atoms with van der Waals surface area (Å²) in [6.45, 7) is 1.26. The zero-order valence-electron chi connectivity index (χ0n) is 13.0. The topological polar surface area (TPSA) is 80.5 Å². The highest BCUT2D eigenvalue weighted by Gasteiger charge is 2.24. The molecule has 0 spiro atoms. The molecule has 1 heterocycles. The van der Waals surface area contributed by atoms with Crippen LogP contribution in [0.4, 0.5) is 0 Å². The molecule has 0 aliphatic carbocycles. The van der Waals surface area contributed by atoms with Crippen LogP contribution in [0.5, 0.6) is 0 Å². The molecule has 5 nitrogen and oxygen atoms in total. The molecule has 0 unspecified atom stereocenters. The molecule has 23 heavy (non-hydrogen) atoms. The SMILES string of the molecule is NC(=O)CC1CCN(C(=O)CCC(=O)c2ccc(Cl)cc2)CC1. The van der Waals surface area contributed by atoms with Gasteiger partial charge in [-0.3, -0.25) is 14.4 Å². The van der Waals surface area contributed by atoms with Crippen molar-refractivity contribution in [2.24, 2.45) is 11.7 Å². The monoisotopic (exact) mass is 336 g/mol. The van der Waals surface area contributed by atoms with Crippen LogP contribution in [0.25, 0.3) is 0 Å². The van der Waals surface area contributed by atoms with Crippen molar-refractivity contribution < 1.29 is 14.4 Å². The Morgan fingerprint density at radius 2 is 1.70 bits per heavy atom. The van der Waals surface area contributed by atoms with Gasteiger partial charge in [-0.1, -0.05) is 11.6 Å².